The fraction of sp³-hybridized carbons (Fsp3) is 0.286. The third-order valence-corrected chi connectivity index (χ3v) is 5.56. The van der Waals surface area contributed by atoms with E-state index in [0.29, 0.717) is 16.6 Å². The Morgan fingerprint density at radius 1 is 1.04 bits per heavy atom. The first-order chi connectivity index (χ1) is 13.1. The molecule has 1 amide bonds. The van der Waals surface area contributed by atoms with Crippen molar-refractivity contribution in [1.29, 1.82) is 0 Å². The number of unbranched alkanes of at least 4 members (excludes halogenated alkanes) is 3. The number of hydrogen-bond acceptors (Lipinski definition) is 3. The second-order valence-electron chi connectivity index (χ2n) is 6.01. The van der Waals surface area contributed by atoms with Crippen molar-refractivity contribution in [2.24, 2.45) is 0 Å². The van der Waals surface area contributed by atoms with Gasteiger partial charge in [-0.1, -0.05) is 59.9 Å². The summed E-state index contributed by atoms with van der Waals surface area (Å²) in [7, 11) is 0. The van der Waals surface area contributed by atoms with Crippen molar-refractivity contribution in [1.82, 2.24) is 5.32 Å². The summed E-state index contributed by atoms with van der Waals surface area (Å²) in [5.41, 5.74) is 0.958. The van der Waals surface area contributed by atoms with Gasteiger partial charge in [0.05, 0.1) is 5.02 Å². The predicted octanol–water partition coefficient (Wildman–Crippen LogP) is 5.83. The monoisotopic (exact) mass is 423 g/mol. The summed E-state index contributed by atoms with van der Waals surface area (Å²) >= 11 is 13.7. The van der Waals surface area contributed by atoms with Crippen LogP contribution in [0.25, 0.3) is 6.08 Å². The van der Waals surface area contributed by atoms with Crippen LogP contribution < -0.4 is 5.32 Å². The van der Waals surface area contributed by atoms with E-state index in [0.717, 1.165) is 41.0 Å². The molecule has 0 atom stereocenters. The molecule has 3 nitrogen and oxygen atoms in total. The molecule has 0 saturated carbocycles. The molecule has 0 aliphatic rings. The number of hydrogen-bond donors (Lipinski definition) is 2. The standard InChI is InChI=1S/C21H23Cl2NO2S/c22-17-8-11-20(19(23)15-17)27-18-9-5-16(6-10-18)7-12-21(26)24-13-3-1-2-4-14-25/h5-12,15,25H,1-4,13-14H2,(H,24,26)/b12-7+. The Morgan fingerprint density at radius 2 is 1.78 bits per heavy atom. The van der Waals surface area contributed by atoms with Crippen molar-refractivity contribution in [2.45, 2.75) is 35.5 Å². The fourth-order valence-electron chi connectivity index (χ4n) is 2.36. The molecule has 0 aromatic heterocycles. The SMILES string of the molecule is O=C(/C=C/c1ccc(Sc2ccc(Cl)cc2Cl)cc1)NCCCCCCO. The molecular weight excluding hydrogens is 401 g/mol. The van der Waals surface area contributed by atoms with E-state index in [1.54, 1.807) is 30.0 Å². The first-order valence-corrected chi connectivity index (χ1v) is 10.5. The minimum Gasteiger partial charge on any atom is -0.396 e. The maximum absolute atomic E-state index is 11.8. The van der Waals surface area contributed by atoms with Gasteiger partial charge in [0.2, 0.25) is 5.91 Å². The van der Waals surface area contributed by atoms with Gasteiger partial charge in [-0.15, -0.1) is 0 Å². The van der Waals surface area contributed by atoms with Gasteiger partial charge < -0.3 is 10.4 Å². The Bertz CT molecular complexity index is 763. The van der Waals surface area contributed by atoms with E-state index in [9.17, 15) is 4.79 Å². The van der Waals surface area contributed by atoms with Crippen LogP contribution in [0.15, 0.2) is 58.3 Å². The van der Waals surface area contributed by atoms with Gasteiger partial charge >= 0.3 is 0 Å². The highest BCUT2D eigenvalue weighted by Gasteiger charge is 2.04. The normalized spacial score (nSPS) is 11.1. The summed E-state index contributed by atoms with van der Waals surface area (Å²) in [4.78, 5) is 13.8. The number of carbonyl (C=O) groups is 1. The first kappa shape index (κ1) is 21.8. The van der Waals surface area contributed by atoms with Crippen LogP contribution in [0, 0.1) is 0 Å². The summed E-state index contributed by atoms with van der Waals surface area (Å²) < 4.78 is 0. The molecule has 0 aliphatic heterocycles. The van der Waals surface area contributed by atoms with Crippen LogP contribution in [0.5, 0.6) is 0 Å². The fourth-order valence-corrected chi connectivity index (χ4v) is 3.71. The summed E-state index contributed by atoms with van der Waals surface area (Å²) in [6.07, 6.45) is 7.11. The number of aliphatic hydroxyl groups excluding tert-OH is 1. The van der Waals surface area contributed by atoms with Gasteiger partial charge in [-0.25, -0.2) is 0 Å². The number of amides is 1. The molecule has 0 unspecified atom stereocenters. The molecule has 2 rings (SSSR count). The molecular formula is C21H23Cl2NO2S. The average Bonchev–Trinajstić information content (AvgIpc) is 2.66. The van der Waals surface area contributed by atoms with Gasteiger partial charge in [0.1, 0.15) is 0 Å². The van der Waals surface area contributed by atoms with Gasteiger partial charge in [0.25, 0.3) is 0 Å². The van der Waals surface area contributed by atoms with E-state index in [2.05, 4.69) is 5.32 Å². The van der Waals surface area contributed by atoms with Crippen molar-refractivity contribution in [3.05, 3.63) is 64.1 Å². The third-order valence-electron chi connectivity index (χ3n) is 3.81. The van der Waals surface area contributed by atoms with Crippen LogP contribution in [0.1, 0.15) is 31.2 Å². The largest absolute Gasteiger partial charge is 0.396 e. The number of nitrogens with one attached hydrogen (secondary N) is 1. The highest BCUT2D eigenvalue weighted by Crippen LogP contribution is 2.34. The molecule has 2 aromatic carbocycles. The lowest BCUT2D eigenvalue weighted by atomic mass is 10.2. The smallest absolute Gasteiger partial charge is 0.243 e. The average molecular weight is 424 g/mol. The Morgan fingerprint density at radius 3 is 2.48 bits per heavy atom. The second kappa shape index (κ2) is 12.1. The summed E-state index contributed by atoms with van der Waals surface area (Å²) in [5, 5.41) is 12.8. The van der Waals surface area contributed by atoms with Gasteiger partial charge in [0.15, 0.2) is 0 Å². The van der Waals surface area contributed by atoms with Crippen molar-refractivity contribution >= 4 is 46.9 Å². The molecule has 2 N–H and O–H groups in total. The first-order valence-electron chi connectivity index (χ1n) is 8.88. The van der Waals surface area contributed by atoms with E-state index in [4.69, 9.17) is 28.3 Å². The quantitative estimate of drug-likeness (QED) is 0.373. The van der Waals surface area contributed by atoms with Crippen LogP contribution in [-0.2, 0) is 4.79 Å². The molecule has 2 aromatic rings. The molecule has 0 radical (unpaired) electrons. The molecule has 6 heteroatoms. The molecule has 0 saturated heterocycles. The Kier molecular flexibility index (Phi) is 9.78. The lowest BCUT2D eigenvalue weighted by Crippen LogP contribution is -2.21. The van der Waals surface area contributed by atoms with Gasteiger partial charge in [-0.05, 0) is 54.8 Å². The van der Waals surface area contributed by atoms with Crippen molar-refractivity contribution in [3.63, 3.8) is 0 Å². The molecule has 27 heavy (non-hydrogen) atoms. The minimum absolute atomic E-state index is 0.0939. The Labute approximate surface area is 174 Å². The van der Waals surface area contributed by atoms with Gasteiger partial charge in [0, 0.05) is 34.0 Å². The zero-order valence-corrected chi connectivity index (χ0v) is 17.3. The predicted molar refractivity (Wildman–Crippen MR) is 115 cm³/mol. The van der Waals surface area contributed by atoms with Crippen LogP contribution in [0.2, 0.25) is 10.0 Å². The third kappa shape index (κ3) is 8.39. The zero-order valence-electron chi connectivity index (χ0n) is 15.0. The molecule has 0 fully saturated rings. The second-order valence-corrected chi connectivity index (χ2v) is 7.97. The van der Waals surface area contributed by atoms with Crippen molar-refractivity contribution in [2.75, 3.05) is 13.2 Å². The molecule has 0 heterocycles. The van der Waals surface area contributed by atoms with E-state index in [-0.39, 0.29) is 12.5 Å². The zero-order chi connectivity index (χ0) is 19.5. The van der Waals surface area contributed by atoms with Crippen LogP contribution in [0.4, 0.5) is 0 Å². The lowest BCUT2D eigenvalue weighted by Gasteiger charge is -2.05. The summed E-state index contributed by atoms with van der Waals surface area (Å²) in [6, 6.07) is 13.4. The lowest BCUT2D eigenvalue weighted by molar-refractivity contribution is -0.116. The Balaban J connectivity index is 1.79. The molecule has 0 bridgehead atoms. The van der Waals surface area contributed by atoms with Gasteiger partial charge in [-0.3, -0.25) is 4.79 Å². The van der Waals surface area contributed by atoms with E-state index >= 15 is 0 Å². The number of carbonyl (C=O) groups excluding carboxylic acids is 1. The maximum atomic E-state index is 11.8. The molecule has 0 aliphatic carbocycles. The summed E-state index contributed by atoms with van der Waals surface area (Å²) in [5.74, 6) is -0.0939. The van der Waals surface area contributed by atoms with Crippen LogP contribution >= 0.6 is 35.0 Å². The number of halogens is 2. The van der Waals surface area contributed by atoms with E-state index in [1.165, 1.54) is 0 Å². The maximum Gasteiger partial charge on any atom is 0.243 e. The minimum atomic E-state index is -0.0939. The summed E-state index contributed by atoms with van der Waals surface area (Å²) in [6.45, 7) is 0.894. The van der Waals surface area contributed by atoms with Gasteiger partial charge in [-0.2, -0.15) is 0 Å². The van der Waals surface area contributed by atoms with Crippen LogP contribution in [0.3, 0.4) is 0 Å². The van der Waals surface area contributed by atoms with E-state index < -0.39 is 0 Å². The molecule has 0 spiro atoms. The highest BCUT2D eigenvalue weighted by atomic mass is 35.5. The van der Waals surface area contributed by atoms with Crippen molar-refractivity contribution in [3.8, 4) is 0 Å². The topological polar surface area (TPSA) is 49.3 Å². The number of aliphatic hydroxyl groups is 1. The highest BCUT2D eigenvalue weighted by molar-refractivity contribution is 7.99. The number of benzene rings is 2. The Hall–Kier alpha value is -1.46. The molecule has 144 valence electrons. The van der Waals surface area contributed by atoms with Crippen LogP contribution in [-0.4, -0.2) is 24.2 Å². The van der Waals surface area contributed by atoms with E-state index in [1.807, 2.05) is 36.4 Å². The number of rotatable bonds is 10. The van der Waals surface area contributed by atoms with Crippen molar-refractivity contribution < 1.29 is 9.90 Å².